The number of Topliss-reactive ketones (excluding diaryl/α,β-unsaturated/α-hetero) is 1. The molecule has 2 aliphatic rings. The molecule has 118 valence electrons. The quantitative estimate of drug-likeness (QED) is 0.776. The lowest BCUT2D eigenvalue weighted by molar-refractivity contribution is -0.125. The van der Waals surface area contributed by atoms with Gasteiger partial charge in [-0.15, -0.1) is 0 Å². The molecule has 2 saturated carbocycles. The SMILES string of the molecule is CC1(C)[C@@H]2CC[C@]1(C)C(=O)/C2=C\Nc1cccc2ccccc12. The van der Waals surface area contributed by atoms with Crippen molar-refractivity contribution in [2.24, 2.45) is 16.7 Å². The van der Waals surface area contributed by atoms with Crippen molar-refractivity contribution in [3.05, 3.63) is 54.2 Å². The minimum atomic E-state index is -0.191. The van der Waals surface area contributed by atoms with Gasteiger partial charge in [0.15, 0.2) is 5.78 Å². The number of nitrogens with one attached hydrogen (secondary N) is 1. The third kappa shape index (κ3) is 1.84. The van der Waals surface area contributed by atoms with Crippen LogP contribution in [-0.2, 0) is 4.79 Å². The second-order valence-electron chi connectivity index (χ2n) is 7.74. The molecular formula is C21H23NO. The number of carbonyl (C=O) groups is 1. The zero-order chi connectivity index (χ0) is 16.2. The molecule has 4 rings (SSSR count). The summed E-state index contributed by atoms with van der Waals surface area (Å²) >= 11 is 0. The molecule has 0 unspecified atom stereocenters. The van der Waals surface area contributed by atoms with Gasteiger partial charge in [-0.2, -0.15) is 0 Å². The minimum Gasteiger partial charge on any atom is -0.361 e. The van der Waals surface area contributed by atoms with Crippen molar-refractivity contribution in [1.82, 2.24) is 0 Å². The molecule has 2 fully saturated rings. The predicted octanol–water partition coefficient (Wildman–Crippen LogP) is 5.16. The van der Waals surface area contributed by atoms with E-state index < -0.39 is 0 Å². The molecule has 0 radical (unpaired) electrons. The summed E-state index contributed by atoms with van der Waals surface area (Å²) in [4.78, 5) is 12.9. The van der Waals surface area contributed by atoms with E-state index >= 15 is 0 Å². The maximum Gasteiger partial charge on any atom is 0.167 e. The van der Waals surface area contributed by atoms with Crippen LogP contribution in [0.5, 0.6) is 0 Å². The van der Waals surface area contributed by atoms with E-state index in [4.69, 9.17) is 0 Å². The van der Waals surface area contributed by atoms with Gasteiger partial charge in [0, 0.05) is 28.3 Å². The highest BCUT2D eigenvalue weighted by Gasteiger charge is 2.63. The number of fused-ring (bicyclic) bond motifs is 3. The first-order chi connectivity index (χ1) is 10.9. The first kappa shape index (κ1) is 14.5. The standard InChI is InChI=1S/C21H23NO/c1-20(2)17-11-12-21(20,3)19(23)16(17)13-22-18-10-6-8-14-7-4-5-9-15(14)18/h4-10,13,17,22H,11-12H2,1-3H3/b16-13-/t17-,21-/m1/s1. The second-order valence-corrected chi connectivity index (χ2v) is 7.74. The molecular weight excluding hydrogens is 282 g/mol. The van der Waals surface area contributed by atoms with Gasteiger partial charge in [0.05, 0.1) is 0 Å². The normalized spacial score (nSPS) is 30.3. The van der Waals surface area contributed by atoms with Gasteiger partial charge in [-0.05, 0) is 35.6 Å². The molecule has 23 heavy (non-hydrogen) atoms. The van der Waals surface area contributed by atoms with Crippen LogP contribution >= 0.6 is 0 Å². The Morgan fingerprint density at radius 2 is 1.83 bits per heavy atom. The summed E-state index contributed by atoms with van der Waals surface area (Å²) in [6, 6.07) is 14.6. The molecule has 2 nitrogen and oxygen atoms in total. The monoisotopic (exact) mass is 305 g/mol. The Kier molecular flexibility index (Phi) is 2.96. The van der Waals surface area contributed by atoms with Gasteiger partial charge >= 0.3 is 0 Å². The Labute approximate surface area is 137 Å². The van der Waals surface area contributed by atoms with E-state index in [1.165, 1.54) is 10.8 Å². The molecule has 1 N–H and O–H groups in total. The number of hydrogen-bond acceptors (Lipinski definition) is 2. The summed E-state index contributed by atoms with van der Waals surface area (Å²) in [7, 11) is 0. The van der Waals surface area contributed by atoms with Gasteiger partial charge in [0.2, 0.25) is 0 Å². The first-order valence-corrected chi connectivity index (χ1v) is 8.44. The van der Waals surface area contributed by atoms with Gasteiger partial charge in [-0.25, -0.2) is 0 Å². The molecule has 2 atom stereocenters. The zero-order valence-electron chi connectivity index (χ0n) is 14.0. The lowest BCUT2D eigenvalue weighted by atomic mass is 9.70. The van der Waals surface area contributed by atoms with Gasteiger partial charge in [-0.1, -0.05) is 57.2 Å². The molecule has 0 amide bonds. The number of benzene rings is 2. The van der Waals surface area contributed by atoms with Crippen molar-refractivity contribution in [1.29, 1.82) is 0 Å². The Morgan fingerprint density at radius 1 is 1.09 bits per heavy atom. The Balaban J connectivity index is 1.71. The highest BCUT2D eigenvalue weighted by atomic mass is 16.1. The fraction of sp³-hybridized carbons (Fsp3) is 0.381. The second kappa shape index (κ2) is 4.70. The first-order valence-electron chi connectivity index (χ1n) is 8.44. The van der Waals surface area contributed by atoms with E-state index in [1.807, 2.05) is 18.3 Å². The van der Waals surface area contributed by atoms with Gasteiger partial charge in [0.1, 0.15) is 0 Å². The highest BCUT2D eigenvalue weighted by molar-refractivity contribution is 6.05. The van der Waals surface area contributed by atoms with Crippen LogP contribution in [0.4, 0.5) is 5.69 Å². The summed E-state index contributed by atoms with van der Waals surface area (Å²) in [6.45, 7) is 6.65. The van der Waals surface area contributed by atoms with Crippen LogP contribution in [0.3, 0.4) is 0 Å². The maximum atomic E-state index is 12.9. The smallest absolute Gasteiger partial charge is 0.167 e. The third-order valence-electron chi connectivity index (χ3n) is 6.54. The number of anilines is 1. The average molecular weight is 305 g/mol. The van der Waals surface area contributed by atoms with E-state index in [-0.39, 0.29) is 10.8 Å². The van der Waals surface area contributed by atoms with Crippen molar-refractivity contribution in [2.45, 2.75) is 33.6 Å². The number of ketones is 1. The Bertz CT molecular complexity index is 827. The van der Waals surface area contributed by atoms with E-state index in [0.29, 0.717) is 11.7 Å². The van der Waals surface area contributed by atoms with Crippen LogP contribution in [0.2, 0.25) is 0 Å². The molecule has 0 saturated heterocycles. The fourth-order valence-electron chi connectivity index (χ4n) is 4.60. The van der Waals surface area contributed by atoms with Crippen LogP contribution in [0, 0.1) is 16.7 Å². The Hall–Kier alpha value is -2.09. The molecule has 0 heterocycles. The van der Waals surface area contributed by atoms with Crippen molar-refractivity contribution in [2.75, 3.05) is 5.32 Å². The largest absolute Gasteiger partial charge is 0.361 e. The van der Waals surface area contributed by atoms with Crippen molar-refractivity contribution in [3.63, 3.8) is 0 Å². The van der Waals surface area contributed by atoms with E-state index in [1.54, 1.807) is 0 Å². The highest BCUT2D eigenvalue weighted by Crippen LogP contribution is 2.65. The van der Waals surface area contributed by atoms with Crippen molar-refractivity contribution in [3.8, 4) is 0 Å². The minimum absolute atomic E-state index is 0.0658. The van der Waals surface area contributed by atoms with Gasteiger partial charge < -0.3 is 5.32 Å². The molecule has 0 spiro atoms. The predicted molar refractivity (Wildman–Crippen MR) is 95.3 cm³/mol. The molecule has 0 aromatic heterocycles. The van der Waals surface area contributed by atoms with E-state index in [0.717, 1.165) is 24.1 Å². The number of hydrogen-bond donors (Lipinski definition) is 1. The fourth-order valence-corrected chi connectivity index (χ4v) is 4.60. The molecule has 0 aliphatic heterocycles. The van der Waals surface area contributed by atoms with Gasteiger partial charge in [0.25, 0.3) is 0 Å². The number of carbonyl (C=O) groups excluding carboxylic acids is 1. The summed E-state index contributed by atoms with van der Waals surface area (Å²) in [5, 5.41) is 5.82. The third-order valence-corrected chi connectivity index (χ3v) is 6.54. The van der Waals surface area contributed by atoms with Crippen LogP contribution in [0.25, 0.3) is 10.8 Å². The van der Waals surface area contributed by atoms with Crippen molar-refractivity contribution < 1.29 is 4.79 Å². The van der Waals surface area contributed by atoms with E-state index in [2.05, 4.69) is 56.4 Å². The van der Waals surface area contributed by atoms with Crippen molar-refractivity contribution >= 4 is 22.2 Å². The summed E-state index contributed by atoms with van der Waals surface area (Å²) in [5.41, 5.74) is 1.92. The zero-order valence-corrected chi connectivity index (χ0v) is 14.0. The van der Waals surface area contributed by atoms with Crippen LogP contribution < -0.4 is 5.32 Å². The van der Waals surface area contributed by atoms with Crippen LogP contribution in [-0.4, -0.2) is 5.78 Å². The molecule has 2 aromatic carbocycles. The Morgan fingerprint density at radius 3 is 2.57 bits per heavy atom. The lowest BCUT2D eigenvalue weighted by Gasteiger charge is -2.31. The number of allylic oxidation sites excluding steroid dienone is 1. The molecule has 2 bridgehead atoms. The van der Waals surface area contributed by atoms with E-state index in [9.17, 15) is 4.79 Å². The molecule has 2 heteroatoms. The molecule has 2 aliphatic carbocycles. The molecule has 2 aromatic rings. The van der Waals surface area contributed by atoms with Crippen LogP contribution in [0.15, 0.2) is 54.2 Å². The summed E-state index contributed by atoms with van der Waals surface area (Å²) < 4.78 is 0. The summed E-state index contributed by atoms with van der Waals surface area (Å²) in [6.07, 6.45) is 4.12. The maximum absolute atomic E-state index is 12.9. The topological polar surface area (TPSA) is 29.1 Å². The summed E-state index contributed by atoms with van der Waals surface area (Å²) in [5.74, 6) is 0.717. The van der Waals surface area contributed by atoms with Gasteiger partial charge in [-0.3, -0.25) is 4.79 Å². The van der Waals surface area contributed by atoms with Crippen LogP contribution in [0.1, 0.15) is 33.6 Å². The average Bonchev–Trinajstić information content (AvgIpc) is 2.86. The lowest BCUT2D eigenvalue weighted by Crippen LogP contribution is -2.32. The number of rotatable bonds is 2.